The third-order valence-corrected chi connectivity index (χ3v) is 8.40. The number of alkyl halides is 3. The van der Waals surface area contributed by atoms with Crippen LogP contribution in [0, 0.1) is 11.8 Å². The minimum absolute atomic E-state index is 0.0102. The van der Waals surface area contributed by atoms with Gasteiger partial charge in [-0.05, 0) is 83.4 Å². The first-order valence-corrected chi connectivity index (χ1v) is 13.7. The summed E-state index contributed by atoms with van der Waals surface area (Å²) in [6, 6.07) is 5.14. The number of amides is 1. The number of fused-ring (bicyclic) bond motifs is 2. The molecule has 0 aliphatic heterocycles. The number of anilines is 1. The van der Waals surface area contributed by atoms with Gasteiger partial charge in [0.25, 0.3) is 5.91 Å². The topological polar surface area (TPSA) is 99.7 Å². The summed E-state index contributed by atoms with van der Waals surface area (Å²) in [5, 5.41) is 24.6. The number of halogens is 3. The number of hydrogen-bond acceptors (Lipinski definition) is 7. The molecule has 3 fully saturated rings. The summed E-state index contributed by atoms with van der Waals surface area (Å²) < 4.78 is 43.5. The van der Waals surface area contributed by atoms with Gasteiger partial charge in [0.15, 0.2) is 0 Å². The molecule has 3 N–H and O–H groups in total. The SMILES string of the molecule is CN(C)C12CCC(Nc3cccc4c(SC(F)(F)F)c(C#CCNC(=O)c5cnn(CC(C)(C)O)c5)nn34)(C1)C2. The first-order chi connectivity index (χ1) is 18.7. The molecule has 3 aromatic rings. The van der Waals surface area contributed by atoms with E-state index < -0.39 is 17.0 Å². The number of carbonyl (C=O) groups is 1. The van der Waals surface area contributed by atoms with Crippen LogP contribution >= 0.6 is 11.8 Å². The third-order valence-electron chi connectivity index (χ3n) is 7.56. The van der Waals surface area contributed by atoms with Gasteiger partial charge in [-0.2, -0.15) is 23.4 Å². The van der Waals surface area contributed by atoms with E-state index >= 15 is 0 Å². The second kappa shape index (κ2) is 10.0. The molecule has 3 saturated carbocycles. The molecule has 0 radical (unpaired) electrons. The minimum atomic E-state index is -4.52. The summed E-state index contributed by atoms with van der Waals surface area (Å²) in [6.07, 6.45) is 6.87. The summed E-state index contributed by atoms with van der Waals surface area (Å²) >= 11 is -0.244. The van der Waals surface area contributed by atoms with Crippen LogP contribution in [0.4, 0.5) is 19.0 Å². The van der Waals surface area contributed by atoms with Gasteiger partial charge in [0, 0.05) is 17.3 Å². The fraction of sp³-hybridized carbons (Fsp3) is 0.519. The van der Waals surface area contributed by atoms with Gasteiger partial charge in [-0.15, -0.1) is 0 Å². The number of hydrogen-bond donors (Lipinski definition) is 3. The molecule has 0 spiro atoms. The standard InChI is InChI=1S/C27H32F3N7O2S/c1-24(2,39)17-36-14-18(13-32-36)23(38)31-12-6-7-19-22(40-27(28,29)30)20-8-5-9-21(37(20)34-19)33-25-10-11-26(15-25,16-25)35(3)4/h5,8-9,13-14,33,39H,10-12,15-17H2,1-4H3,(H,31,38). The normalized spacial score (nSPS) is 22.2. The van der Waals surface area contributed by atoms with E-state index in [0.29, 0.717) is 11.3 Å². The molecule has 9 nitrogen and oxygen atoms in total. The van der Waals surface area contributed by atoms with Crippen LogP contribution in [0.25, 0.3) is 5.52 Å². The van der Waals surface area contributed by atoms with Crippen molar-refractivity contribution in [3.63, 3.8) is 0 Å². The number of rotatable bonds is 8. The predicted octanol–water partition coefficient (Wildman–Crippen LogP) is 3.73. The molecule has 6 rings (SSSR count). The Morgan fingerprint density at radius 3 is 2.65 bits per heavy atom. The maximum Gasteiger partial charge on any atom is 0.446 e. The van der Waals surface area contributed by atoms with Gasteiger partial charge in [0.05, 0.1) is 40.9 Å². The Hall–Kier alpha value is -3.21. The molecule has 3 aliphatic carbocycles. The van der Waals surface area contributed by atoms with Crippen LogP contribution in [-0.4, -0.2) is 78.1 Å². The second-order valence-electron chi connectivity index (χ2n) is 11.5. The zero-order valence-electron chi connectivity index (χ0n) is 22.8. The molecule has 2 bridgehead atoms. The fourth-order valence-electron chi connectivity index (χ4n) is 5.75. The van der Waals surface area contributed by atoms with Crippen LogP contribution in [0.2, 0.25) is 0 Å². The molecular formula is C27H32F3N7O2S. The molecule has 1 amide bonds. The molecule has 0 atom stereocenters. The minimum Gasteiger partial charge on any atom is -0.389 e. The predicted molar refractivity (Wildman–Crippen MR) is 146 cm³/mol. The quantitative estimate of drug-likeness (QED) is 0.278. The zero-order chi connectivity index (χ0) is 28.9. The summed E-state index contributed by atoms with van der Waals surface area (Å²) in [6.45, 7) is 3.37. The highest BCUT2D eigenvalue weighted by atomic mass is 32.2. The summed E-state index contributed by atoms with van der Waals surface area (Å²) in [5.41, 5.74) is -4.85. The summed E-state index contributed by atoms with van der Waals surface area (Å²) in [4.78, 5) is 14.6. The molecule has 214 valence electrons. The Labute approximate surface area is 234 Å². The molecule has 0 saturated heterocycles. The second-order valence-corrected chi connectivity index (χ2v) is 12.6. The van der Waals surface area contributed by atoms with Crippen molar-refractivity contribution in [2.75, 3.05) is 26.0 Å². The lowest BCUT2D eigenvalue weighted by Gasteiger charge is -2.51. The fourth-order valence-corrected chi connectivity index (χ4v) is 6.43. The first kappa shape index (κ1) is 28.3. The first-order valence-electron chi connectivity index (χ1n) is 12.9. The Balaban J connectivity index is 1.34. The van der Waals surface area contributed by atoms with Crippen LogP contribution in [0.15, 0.2) is 35.5 Å². The van der Waals surface area contributed by atoms with E-state index in [1.807, 2.05) is 6.07 Å². The van der Waals surface area contributed by atoms with E-state index in [2.05, 4.69) is 51.7 Å². The number of nitrogens with zero attached hydrogens (tertiary/aromatic N) is 5. The zero-order valence-corrected chi connectivity index (χ0v) is 23.6. The largest absolute Gasteiger partial charge is 0.446 e. The molecular weight excluding hydrogens is 543 g/mol. The van der Waals surface area contributed by atoms with Crippen LogP contribution in [-0.2, 0) is 6.54 Å². The van der Waals surface area contributed by atoms with Crippen molar-refractivity contribution in [3.8, 4) is 11.8 Å². The molecule has 13 heteroatoms. The average Bonchev–Trinajstić information content (AvgIpc) is 3.58. The van der Waals surface area contributed by atoms with Crippen molar-refractivity contribution in [1.29, 1.82) is 0 Å². The molecule has 3 aliphatic rings. The van der Waals surface area contributed by atoms with Crippen molar-refractivity contribution in [2.45, 2.75) is 73.2 Å². The highest BCUT2D eigenvalue weighted by molar-refractivity contribution is 8.00. The van der Waals surface area contributed by atoms with Crippen LogP contribution in [0.3, 0.4) is 0 Å². The number of pyridine rings is 1. The highest BCUT2D eigenvalue weighted by Gasteiger charge is 2.62. The Morgan fingerprint density at radius 2 is 2.00 bits per heavy atom. The molecule has 3 heterocycles. The monoisotopic (exact) mass is 575 g/mol. The summed E-state index contributed by atoms with van der Waals surface area (Å²) in [5.74, 6) is 5.64. The Kier molecular flexibility index (Phi) is 7.09. The number of aromatic nitrogens is 4. The van der Waals surface area contributed by atoms with E-state index in [1.54, 1.807) is 26.0 Å². The van der Waals surface area contributed by atoms with Gasteiger partial charge in [0.1, 0.15) is 11.5 Å². The number of nitrogens with one attached hydrogen (secondary N) is 2. The maximum atomic E-state index is 13.5. The van der Waals surface area contributed by atoms with E-state index in [9.17, 15) is 23.1 Å². The maximum absolute atomic E-state index is 13.5. The van der Waals surface area contributed by atoms with Crippen LogP contribution < -0.4 is 10.6 Å². The van der Waals surface area contributed by atoms with Crippen molar-refractivity contribution < 1.29 is 23.1 Å². The van der Waals surface area contributed by atoms with Gasteiger partial charge in [0.2, 0.25) is 0 Å². The molecule has 0 aromatic carbocycles. The van der Waals surface area contributed by atoms with Gasteiger partial charge in [-0.25, -0.2) is 4.52 Å². The number of thioether (sulfide) groups is 1. The van der Waals surface area contributed by atoms with Crippen LogP contribution in [0.1, 0.15) is 55.6 Å². The van der Waals surface area contributed by atoms with E-state index in [0.717, 1.165) is 25.7 Å². The van der Waals surface area contributed by atoms with E-state index in [4.69, 9.17) is 0 Å². The van der Waals surface area contributed by atoms with E-state index in [-0.39, 0.29) is 52.1 Å². The van der Waals surface area contributed by atoms with Gasteiger partial charge in [-0.3, -0.25) is 9.48 Å². The molecule has 40 heavy (non-hydrogen) atoms. The molecule has 3 aromatic heterocycles. The van der Waals surface area contributed by atoms with Crippen molar-refractivity contribution >= 4 is 29.0 Å². The highest BCUT2D eigenvalue weighted by Crippen LogP contribution is 2.58. The van der Waals surface area contributed by atoms with E-state index in [1.165, 1.54) is 21.6 Å². The average molecular weight is 576 g/mol. The van der Waals surface area contributed by atoms with Gasteiger partial charge < -0.3 is 20.6 Å². The Morgan fingerprint density at radius 1 is 1.25 bits per heavy atom. The van der Waals surface area contributed by atoms with Crippen molar-refractivity contribution in [3.05, 3.63) is 41.9 Å². The van der Waals surface area contributed by atoms with Crippen molar-refractivity contribution in [1.82, 2.24) is 29.6 Å². The third kappa shape index (κ3) is 5.80. The lowest BCUT2D eigenvalue weighted by molar-refractivity contribution is -0.0328. The Bertz CT molecular complexity index is 1490. The molecule has 0 unspecified atom stereocenters. The van der Waals surface area contributed by atoms with Crippen molar-refractivity contribution in [2.24, 2.45) is 0 Å². The van der Waals surface area contributed by atoms with Crippen LogP contribution in [0.5, 0.6) is 0 Å². The number of carbonyl (C=O) groups excluding carboxylic acids is 1. The lowest BCUT2D eigenvalue weighted by Crippen LogP contribution is -2.59. The van der Waals surface area contributed by atoms with Gasteiger partial charge in [-0.1, -0.05) is 12.0 Å². The summed E-state index contributed by atoms with van der Waals surface area (Å²) in [7, 11) is 4.17. The lowest BCUT2D eigenvalue weighted by atomic mass is 9.70. The number of aliphatic hydroxyl groups is 1. The smallest absolute Gasteiger partial charge is 0.389 e. The van der Waals surface area contributed by atoms with Gasteiger partial charge >= 0.3 is 5.51 Å².